The van der Waals surface area contributed by atoms with Crippen molar-refractivity contribution in [1.82, 2.24) is 5.32 Å². The molecule has 1 aliphatic heterocycles. The van der Waals surface area contributed by atoms with Crippen LogP contribution in [0.1, 0.15) is 12.8 Å². The zero-order chi connectivity index (χ0) is 10.1. The van der Waals surface area contributed by atoms with Gasteiger partial charge in [0.1, 0.15) is 0 Å². The zero-order valence-electron chi connectivity index (χ0n) is 6.44. The zero-order valence-corrected chi connectivity index (χ0v) is 6.44. The fourth-order valence-corrected chi connectivity index (χ4v) is 0.901. The number of halogens is 3. The highest BCUT2D eigenvalue weighted by Crippen LogP contribution is 2.19. The summed E-state index contributed by atoms with van der Waals surface area (Å²) in [6.45, 7) is 0. The molecule has 1 N–H and O–H groups in total. The highest BCUT2D eigenvalue weighted by Gasteiger charge is 2.37. The molecule has 3 nitrogen and oxygen atoms in total. The number of ketones is 1. The average Bonchev–Trinajstić information content (AvgIpc) is 2.33. The Kier molecular flexibility index (Phi) is 2.40. The lowest BCUT2D eigenvalue weighted by atomic mass is 10.2. The van der Waals surface area contributed by atoms with Gasteiger partial charge in [0, 0.05) is 18.2 Å². The van der Waals surface area contributed by atoms with Crippen molar-refractivity contribution in [2.75, 3.05) is 0 Å². The lowest BCUT2D eigenvalue weighted by Gasteiger charge is -2.01. The average molecular weight is 193 g/mol. The Morgan fingerprint density at radius 3 is 2.38 bits per heavy atom. The summed E-state index contributed by atoms with van der Waals surface area (Å²) in [5.41, 5.74) is 0.0346. The molecular formula is C7H6F3NO2. The number of hydrogen-bond donors (Lipinski definition) is 1. The van der Waals surface area contributed by atoms with Gasteiger partial charge in [-0.1, -0.05) is 0 Å². The number of alkyl halides is 3. The van der Waals surface area contributed by atoms with E-state index < -0.39 is 12.0 Å². The van der Waals surface area contributed by atoms with E-state index in [1.54, 1.807) is 0 Å². The van der Waals surface area contributed by atoms with E-state index >= 15 is 0 Å². The molecule has 13 heavy (non-hydrogen) atoms. The molecule has 0 radical (unpaired) electrons. The number of amides is 1. The van der Waals surface area contributed by atoms with Gasteiger partial charge >= 0.3 is 6.18 Å². The summed E-state index contributed by atoms with van der Waals surface area (Å²) in [6.07, 6.45) is -4.14. The SMILES string of the molecule is O=C1CCC(=CC(=O)C(F)(F)F)N1. The van der Waals surface area contributed by atoms with Crippen molar-refractivity contribution in [3.63, 3.8) is 0 Å². The van der Waals surface area contributed by atoms with Crippen LogP contribution >= 0.6 is 0 Å². The summed E-state index contributed by atoms with van der Waals surface area (Å²) in [5.74, 6) is -2.30. The highest BCUT2D eigenvalue weighted by molar-refractivity contribution is 5.96. The molecule has 72 valence electrons. The smallest absolute Gasteiger partial charge is 0.330 e. The summed E-state index contributed by atoms with van der Waals surface area (Å²) in [7, 11) is 0. The molecule has 1 saturated heterocycles. The van der Waals surface area contributed by atoms with Crippen LogP contribution in [0.15, 0.2) is 11.8 Å². The Labute approximate surface area is 71.6 Å². The van der Waals surface area contributed by atoms with Crippen LogP contribution in [-0.2, 0) is 9.59 Å². The molecule has 0 bridgehead atoms. The van der Waals surface area contributed by atoms with Gasteiger partial charge in [-0.05, 0) is 6.42 Å². The van der Waals surface area contributed by atoms with Crippen LogP contribution in [0.25, 0.3) is 0 Å². The fourth-order valence-electron chi connectivity index (χ4n) is 0.901. The molecule has 1 fully saturated rings. The summed E-state index contributed by atoms with van der Waals surface area (Å²) in [5, 5.41) is 2.16. The minimum absolute atomic E-state index is 0.0346. The van der Waals surface area contributed by atoms with Gasteiger partial charge in [-0.15, -0.1) is 0 Å². The predicted octanol–water partition coefficient (Wildman–Crippen LogP) is 0.912. The van der Waals surface area contributed by atoms with E-state index in [1.807, 2.05) is 0 Å². The highest BCUT2D eigenvalue weighted by atomic mass is 19.4. The summed E-state index contributed by atoms with van der Waals surface area (Å²) in [6, 6.07) is 0. The topological polar surface area (TPSA) is 46.2 Å². The lowest BCUT2D eigenvalue weighted by molar-refractivity contribution is -0.165. The maximum Gasteiger partial charge on any atom is 0.454 e. The van der Waals surface area contributed by atoms with Crippen LogP contribution in [-0.4, -0.2) is 17.9 Å². The molecule has 1 heterocycles. The number of carbonyl (C=O) groups is 2. The third-order valence-electron chi connectivity index (χ3n) is 1.51. The first kappa shape index (κ1) is 9.76. The fraction of sp³-hybridized carbons (Fsp3) is 0.429. The summed E-state index contributed by atoms with van der Waals surface area (Å²) >= 11 is 0. The minimum atomic E-state index is -4.86. The van der Waals surface area contributed by atoms with Crippen LogP contribution in [0.4, 0.5) is 13.2 Å². The van der Waals surface area contributed by atoms with Crippen molar-refractivity contribution in [2.45, 2.75) is 19.0 Å². The van der Waals surface area contributed by atoms with Crippen LogP contribution in [0.2, 0.25) is 0 Å². The molecule has 0 saturated carbocycles. The first-order valence-corrected chi connectivity index (χ1v) is 3.51. The maximum absolute atomic E-state index is 11.7. The molecule has 0 aromatic carbocycles. The van der Waals surface area contributed by atoms with Crippen molar-refractivity contribution >= 4 is 11.7 Å². The van der Waals surface area contributed by atoms with Gasteiger partial charge in [0.25, 0.3) is 5.78 Å². The second kappa shape index (κ2) is 3.20. The number of allylic oxidation sites excluding steroid dienone is 2. The van der Waals surface area contributed by atoms with Gasteiger partial charge in [-0.25, -0.2) is 0 Å². The molecule has 1 rings (SSSR count). The number of nitrogens with one attached hydrogen (secondary N) is 1. The Morgan fingerprint density at radius 2 is 2.00 bits per heavy atom. The normalized spacial score (nSPS) is 20.5. The van der Waals surface area contributed by atoms with Crippen LogP contribution in [0, 0.1) is 0 Å². The van der Waals surface area contributed by atoms with Crippen molar-refractivity contribution in [1.29, 1.82) is 0 Å². The molecule has 0 aliphatic carbocycles. The first-order valence-electron chi connectivity index (χ1n) is 3.51. The molecule has 0 spiro atoms. The standard InChI is InChI=1S/C7H6F3NO2/c8-7(9,10)5(12)3-4-1-2-6(13)11-4/h3H,1-2H2,(H,11,13). The van der Waals surface area contributed by atoms with Gasteiger partial charge in [0.2, 0.25) is 5.91 Å². The van der Waals surface area contributed by atoms with E-state index in [4.69, 9.17) is 0 Å². The van der Waals surface area contributed by atoms with E-state index in [1.165, 1.54) is 0 Å². The van der Waals surface area contributed by atoms with Crippen LogP contribution in [0.3, 0.4) is 0 Å². The second-order valence-electron chi connectivity index (χ2n) is 2.58. The third kappa shape index (κ3) is 2.57. The van der Waals surface area contributed by atoms with E-state index in [0.717, 1.165) is 0 Å². The first-order chi connectivity index (χ1) is 5.89. The second-order valence-corrected chi connectivity index (χ2v) is 2.58. The van der Waals surface area contributed by atoms with Gasteiger partial charge in [0.05, 0.1) is 0 Å². The molecule has 6 heteroatoms. The Balaban J connectivity index is 2.67. The van der Waals surface area contributed by atoms with Gasteiger partial charge < -0.3 is 5.32 Å². The van der Waals surface area contributed by atoms with Crippen LogP contribution in [0.5, 0.6) is 0 Å². The minimum Gasteiger partial charge on any atom is -0.330 e. The molecular weight excluding hydrogens is 187 g/mol. The van der Waals surface area contributed by atoms with Crippen molar-refractivity contribution in [3.8, 4) is 0 Å². The maximum atomic E-state index is 11.7. The molecule has 1 amide bonds. The molecule has 1 aliphatic rings. The van der Waals surface area contributed by atoms with Crippen LogP contribution < -0.4 is 5.32 Å². The number of rotatable bonds is 1. The monoisotopic (exact) mass is 193 g/mol. The predicted molar refractivity (Wildman–Crippen MR) is 36.5 cm³/mol. The van der Waals surface area contributed by atoms with E-state index in [0.29, 0.717) is 6.08 Å². The van der Waals surface area contributed by atoms with E-state index in [2.05, 4.69) is 5.32 Å². The lowest BCUT2D eigenvalue weighted by Crippen LogP contribution is -2.22. The number of carbonyl (C=O) groups excluding carboxylic acids is 2. The van der Waals surface area contributed by atoms with Crippen molar-refractivity contribution < 1.29 is 22.8 Å². The molecule has 0 atom stereocenters. The Bertz CT molecular complexity index is 280. The van der Waals surface area contributed by atoms with Gasteiger partial charge in [-0.2, -0.15) is 13.2 Å². The van der Waals surface area contributed by atoms with E-state index in [-0.39, 0.29) is 24.4 Å². The Morgan fingerprint density at radius 1 is 1.38 bits per heavy atom. The third-order valence-corrected chi connectivity index (χ3v) is 1.51. The van der Waals surface area contributed by atoms with Gasteiger partial charge in [-0.3, -0.25) is 9.59 Å². The molecule has 0 unspecified atom stereocenters. The quantitative estimate of drug-likeness (QED) is 0.629. The largest absolute Gasteiger partial charge is 0.454 e. The summed E-state index contributed by atoms with van der Waals surface area (Å²) in [4.78, 5) is 20.9. The van der Waals surface area contributed by atoms with E-state index in [9.17, 15) is 22.8 Å². The number of hydrogen-bond acceptors (Lipinski definition) is 2. The summed E-state index contributed by atoms with van der Waals surface area (Å²) < 4.78 is 35.1. The molecule has 0 aromatic rings. The van der Waals surface area contributed by atoms with Crippen molar-refractivity contribution in [2.24, 2.45) is 0 Å². The van der Waals surface area contributed by atoms with Crippen molar-refractivity contribution in [3.05, 3.63) is 11.8 Å². The molecule has 0 aromatic heterocycles. The van der Waals surface area contributed by atoms with Gasteiger partial charge in [0.15, 0.2) is 0 Å². The Hall–Kier alpha value is -1.33.